The molecule has 0 spiro atoms. The van der Waals surface area contributed by atoms with Crippen molar-refractivity contribution in [1.82, 2.24) is 0 Å². The number of rotatable bonds is 26. The third-order valence-corrected chi connectivity index (χ3v) is 12.7. The SMILES string of the molecule is CCCCCCCc1cc(S(=O)(=O)[O-])cc2c(CCCCCCC)cccc12.CCCCCCCc1cc(S(=O)(=O)[O-])cc2c(CCCCCCC)cccc12.[Ba+2]. The standard InChI is InChI=1S/2C24H36O3S.Ba/c2*1-3-5-7-9-11-14-20-16-13-17-23-21(15-12-10-8-6-4-2)18-22(19-24(20)23)28(25,26)27;/h2*13,16-19H,3-12,14-15H2,1-2H3,(H,25,26,27);/q;;+2/p-2. The maximum absolute atomic E-state index is 11.7. The number of fused-ring (bicyclic) bond motifs is 2. The molecule has 4 aromatic rings. The summed E-state index contributed by atoms with van der Waals surface area (Å²) >= 11 is 0. The molecule has 0 N–H and O–H groups in total. The Morgan fingerprint density at radius 2 is 0.649 bits per heavy atom. The van der Waals surface area contributed by atoms with Crippen molar-refractivity contribution in [3.8, 4) is 0 Å². The zero-order valence-corrected chi connectivity index (χ0v) is 41.8. The van der Waals surface area contributed by atoms with E-state index >= 15 is 0 Å². The predicted molar refractivity (Wildman–Crippen MR) is 239 cm³/mol. The van der Waals surface area contributed by atoms with Crippen molar-refractivity contribution in [3.05, 3.63) is 82.9 Å². The smallest absolute Gasteiger partial charge is 0.744 e. The van der Waals surface area contributed by atoms with Gasteiger partial charge in [0.25, 0.3) is 0 Å². The summed E-state index contributed by atoms with van der Waals surface area (Å²) in [6.07, 6.45) is 27.1. The summed E-state index contributed by atoms with van der Waals surface area (Å²) in [6, 6.07) is 18.8. The van der Waals surface area contributed by atoms with E-state index < -0.39 is 20.2 Å². The van der Waals surface area contributed by atoms with Crippen LogP contribution in [-0.2, 0) is 45.9 Å². The van der Waals surface area contributed by atoms with Crippen LogP contribution in [0.25, 0.3) is 21.5 Å². The van der Waals surface area contributed by atoms with Gasteiger partial charge in [-0.05, 0) is 119 Å². The molecule has 0 unspecified atom stereocenters. The van der Waals surface area contributed by atoms with Crippen LogP contribution in [0.5, 0.6) is 0 Å². The van der Waals surface area contributed by atoms with E-state index in [1.165, 1.54) is 89.9 Å². The molecule has 0 aliphatic rings. The second kappa shape index (κ2) is 28.3. The minimum atomic E-state index is -4.46. The van der Waals surface area contributed by atoms with E-state index in [0.29, 0.717) is 0 Å². The number of hydrogen-bond acceptors (Lipinski definition) is 6. The van der Waals surface area contributed by atoms with E-state index in [2.05, 4.69) is 64.1 Å². The zero-order valence-electron chi connectivity index (χ0n) is 35.7. The molecule has 0 radical (unpaired) electrons. The summed E-state index contributed by atoms with van der Waals surface area (Å²) in [7, 11) is -8.91. The Kier molecular flexibility index (Phi) is 25.8. The molecule has 6 nitrogen and oxygen atoms in total. The van der Waals surface area contributed by atoms with E-state index in [0.717, 1.165) is 108 Å². The molecular formula is C48H70BaO6S2. The molecule has 9 heteroatoms. The van der Waals surface area contributed by atoms with Gasteiger partial charge in [-0.25, -0.2) is 16.8 Å². The molecule has 0 aromatic heterocycles. The number of benzene rings is 4. The Labute approximate surface area is 387 Å². The van der Waals surface area contributed by atoms with Gasteiger partial charge in [0, 0.05) is 0 Å². The average molecular weight is 945 g/mol. The first-order valence-corrected chi connectivity index (χ1v) is 24.8. The van der Waals surface area contributed by atoms with Crippen molar-refractivity contribution in [2.45, 2.75) is 192 Å². The first kappa shape index (κ1) is 51.9. The van der Waals surface area contributed by atoms with E-state index in [4.69, 9.17) is 0 Å². The summed E-state index contributed by atoms with van der Waals surface area (Å²) in [6.45, 7) is 8.80. The van der Waals surface area contributed by atoms with Gasteiger partial charge in [-0.15, -0.1) is 0 Å². The fourth-order valence-electron chi connectivity index (χ4n) is 7.81. The van der Waals surface area contributed by atoms with Crippen molar-refractivity contribution in [2.24, 2.45) is 0 Å². The minimum Gasteiger partial charge on any atom is -0.744 e. The first-order valence-electron chi connectivity index (χ1n) is 21.9. The largest absolute Gasteiger partial charge is 2.00 e. The van der Waals surface area contributed by atoms with Crippen LogP contribution in [-0.4, -0.2) is 74.8 Å². The maximum atomic E-state index is 11.7. The van der Waals surface area contributed by atoms with Crippen molar-refractivity contribution in [1.29, 1.82) is 0 Å². The third kappa shape index (κ3) is 18.5. The summed E-state index contributed by atoms with van der Waals surface area (Å²) in [4.78, 5) is -0.163. The van der Waals surface area contributed by atoms with Gasteiger partial charge in [0.15, 0.2) is 0 Å². The fraction of sp³-hybridized carbons (Fsp3) is 0.583. The Morgan fingerprint density at radius 1 is 0.368 bits per heavy atom. The first-order chi connectivity index (χ1) is 26.9. The molecule has 0 saturated carbocycles. The quantitative estimate of drug-likeness (QED) is 0.0352. The minimum absolute atomic E-state index is 0. The molecule has 0 heterocycles. The molecule has 0 amide bonds. The second-order valence-corrected chi connectivity index (χ2v) is 18.5. The van der Waals surface area contributed by atoms with Crippen LogP contribution in [0, 0.1) is 0 Å². The van der Waals surface area contributed by atoms with Crippen LogP contribution < -0.4 is 0 Å². The molecule has 4 aromatic carbocycles. The van der Waals surface area contributed by atoms with Crippen molar-refractivity contribution in [3.63, 3.8) is 0 Å². The predicted octanol–water partition coefficient (Wildman–Crippen LogP) is 13.2. The molecule has 0 aliphatic heterocycles. The molecule has 0 aliphatic carbocycles. The number of aryl methyl sites for hydroxylation is 4. The van der Waals surface area contributed by atoms with Crippen LogP contribution >= 0.6 is 0 Å². The van der Waals surface area contributed by atoms with Gasteiger partial charge in [-0.3, -0.25) is 0 Å². The Hall–Kier alpha value is -1.21. The molecule has 0 bridgehead atoms. The molecule has 0 saturated heterocycles. The van der Waals surface area contributed by atoms with Gasteiger partial charge in [0.2, 0.25) is 0 Å². The Balaban J connectivity index is 0.000000387. The topological polar surface area (TPSA) is 114 Å². The summed E-state index contributed by atoms with van der Waals surface area (Å²) in [5.41, 5.74) is 4.31. The van der Waals surface area contributed by atoms with Crippen LogP contribution in [0.4, 0.5) is 0 Å². The van der Waals surface area contributed by atoms with Gasteiger partial charge in [-0.2, -0.15) is 0 Å². The van der Waals surface area contributed by atoms with Gasteiger partial charge < -0.3 is 9.11 Å². The Bertz CT molecular complexity index is 1830. The zero-order chi connectivity index (χ0) is 40.8. The summed E-state index contributed by atoms with van der Waals surface area (Å²) < 4.78 is 70.4. The van der Waals surface area contributed by atoms with E-state index in [1.54, 1.807) is 24.3 Å². The maximum Gasteiger partial charge on any atom is 2.00 e. The van der Waals surface area contributed by atoms with Crippen LogP contribution in [0.2, 0.25) is 0 Å². The van der Waals surface area contributed by atoms with Crippen molar-refractivity contribution >= 4 is 90.7 Å². The molecule has 4 rings (SSSR count). The Morgan fingerprint density at radius 3 is 0.930 bits per heavy atom. The molecule has 0 atom stereocenters. The summed E-state index contributed by atoms with van der Waals surface area (Å²) in [5.74, 6) is 0. The van der Waals surface area contributed by atoms with E-state index in [1.807, 2.05) is 0 Å². The number of unbranched alkanes of at least 4 members (excludes halogenated alkanes) is 16. The van der Waals surface area contributed by atoms with Crippen LogP contribution in [0.15, 0.2) is 70.5 Å². The van der Waals surface area contributed by atoms with E-state index in [-0.39, 0.29) is 58.7 Å². The summed E-state index contributed by atoms with van der Waals surface area (Å²) in [5, 5.41) is 4.10. The number of hydrogen-bond donors (Lipinski definition) is 0. The van der Waals surface area contributed by atoms with Gasteiger partial charge in [0.05, 0.1) is 9.79 Å². The molecule has 0 fully saturated rings. The fourth-order valence-corrected chi connectivity index (χ4v) is 8.91. The van der Waals surface area contributed by atoms with Crippen LogP contribution in [0.3, 0.4) is 0 Å². The van der Waals surface area contributed by atoms with Crippen LogP contribution in [0.1, 0.15) is 178 Å². The third-order valence-electron chi connectivity index (χ3n) is 11.1. The molecular weight excluding hydrogens is 874 g/mol. The van der Waals surface area contributed by atoms with Gasteiger partial charge in [0.1, 0.15) is 20.2 Å². The molecule has 312 valence electrons. The normalized spacial score (nSPS) is 11.8. The average Bonchev–Trinajstić information content (AvgIpc) is 3.17. The second-order valence-electron chi connectivity index (χ2n) is 15.8. The monoisotopic (exact) mass is 944 g/mol. The van der Waals surface area contributed by atoms with Crippen molar-refractivity contribution in [2.75, 3.05) is 0 Å². The van der Waals surface area contributed by atoms with Gasteiger partial charge in [-0.1, -0.05) is 167 Å². The van der Waals surface area contributed by atoms with Gasteiger partial charge >= 0.3 is 48.9 Å². The van der Waals surface area contributed by atoms with E-state index in [9.17, 15) is 25.9 Å². The van der Waals surface area contributed by atoms with Crippen molar-refractivity contribution < 1.29 is 25.9 Å². The molecule has 57 heavy (non-hydrogen) atoms.